The summed E-state index contributed by atoms with van der Waals surface area (Å²) in [6, 6.07) is 20.5. The van der Waals surface area contributed by atoms with Crippen molar-refractivity contribution in [2.45, 2.75) is 5.75 Å². The highest BCUT2D eigenvalue weighted by atomic mass is 35.5. The highest BCUT2D eigenvalue weighted by molar-refractivity contribution is 8.13. The zero-order valence-electron chi connectivity index (χ0n) is 14.1. The Kier molecular flexibility index (Phi) is 8.10. The van der Waals surface area contributed by atoms with E-state index in [1.54, 1.807) is 30.0 Å². The first kappa shape index (κ1) is 21.2. The van der Waals surface area contributed by atoms with Crippen LogP contribution in [0.2, 0.25) is 5.02 Å². The van der Waals surface area contributed by atoms with Crippen LogP contribution in [0.4, 0.5) is 20.2 Å². The van der Waals surface area contributed by atoms with Gasteiger partial charge in [0.25, 0.3) is 0 Å². The number of benzene rings is 3. The van der Waals surface area contributed by atoms with E-state index in [4.69, 9.17) is 11.6 Å². The molecule has 0 fully saturated rings. The molecule has 0 spiro atoms. The minimum absolute atomic E-state index is 0. The molecule has 0 radical (unpaired) electrons. The third kappa shape index (κ3) is 6.54. The molecule has 0 amide bonds. The second-order valence-electron chi connectivity index (χ2n) is 5.49. The fourth-order valence-electron chi connectivity index (χ4n) is 2.20. The summed E-state index contributed by atoms with van der Waals surface area (Å²) in [7, 11) is 0. The third-order valence-electron chi connectivity index (χ3n) is 3.51. The minimum Gasteiger partial charge on any atom is -1.00 e. The summed E-state index contributed by atoms with van der Waals surface area (Å²) in [6.07, 6.45) is 0. The molecular weight excluding hydrogens is 409 g/mol. The van der Waals surface area contributed by atoms with Crippen LogP contribution in [0.3, 0.4) is 0 Å². The monoisotopic (exact) mass is 424 g/mol. The summed E-state index contributed by atoms with van der Waals surface area (Å²) in [5.74, 6) is -0.0405. The molecule has 0 bridgehead atoms. The van der Waals surface area contributed by atoms with E-state index < -0.39 is 5.82 Å². The summed E-state index contributed by atoms with van der Waals surface area (Å²) in [4.78, 5) is 3.22. The van der Waals surface area contributed by atoms with Crippen LogP contribution in [0.25, 0.3) is 0 Å². The lowest BCUT2D eigenvalue weighted by molar-refractivity contribution is -0.350. The fourth-order valence-corrected chi connectivity index (χ4v) is 3.27. The van der Waals surface area contributed by atoms with E-state index in [0.717, 1.165) is 22.2 Å². The molecular formula is C20H16Cl2F2N2S. The highest BCUT2D eigenvalue weighted by Crippen LogP contribution is 2.21. The van der Waals surface area contributed by atoms with Crippen molar-refractivity contribution < 1.29 is 26.2 Å². The van der Waals surface area contributed by atoms with Crippen LogP contribution in [0, 0.1) is 11.6 Å². The molecule has 0 aromatic heterocycles. The zero-order chi connectivity index (χ0) is 18.4. The van der Waals surface area contributed by atoms with Gasteiger partial charge >= 0.3 is 5.17 Å². The van der Waals surface area contributed by atoms with Gasteiger partial charge in [-0.15, -0.1) is 0 Å². The summed E-state index contributed by atoms with van der Waals surface area (Å²) in [5, 5.41) is 3.97. The predicted molar refractivity (Wildman–Crippen MR) is 105 cm³/mol. The van der Waals surface area contributed by atoms with Crippen molar-refractivity contribution in [3.8, 4) is 0 Å². The lowest BCUT2D eigenvalue weighted by Gasteiger charge is -2.05. The van der Waals surface area contributed by atoms with Crippen molar-refractivity contribution in [1.82, 2.24) is 0 Å². The van der Waals surface area contributed by atoms with Gasteiger partial charge in [-0.2, -0.15) is 0 Å². The van der Waals surface area contributed by atoms with E-state index in [0.29, 0.717) is 5.69 Å². The highest BCUT2D eigenvalue weighted by Gasteiger charge is 2.12. The predicted octanol–water partition coefficient (Wildman–Crippen LogP) is 1.74. The van der Waals surface area contributed by atoms with Crippen LogP contribution in [0.5, 0.6) is 0 Å². The number of amidine groups is 1. The molecule has 0 unspecified atom stereocenters. The van der Waals surface area contributed by atoms with Crippen LogP contribution < -0.4 is 22.7 Å². The molecule has 3 rings (SSSR count). The molecule has 0 saturated carbocycles. The maximum Gasteiger partial charge on any atom is 0.314 e. The maximum absolute atomic E-state index is 13.4. The molecule has 140 valence electrons. The number of rotatable bonds is 4. The number of nitrogens with one attached hydrogen (secondary N) is 2. The van der Waals surface area contributed by atoms with E-state index in [9.17, 15) is 8.78 Å². The van der Waals surface area contributed by atoms with Crippen molar-refractivity contribution in [3.63, 3.8) is 0 Å². The van der Waals surface area contributed by atoms with Crippen molar-refractivity contribution >= 4 is 39.9 Å². The maximum atomic E-state index is 13.4. The summed E-state index contributed by atoms with van der Waals surface area (Å²) < 4.78 is 26.5. The van der Waals surface area contributed by atoms with Gasteiger partial charge in [0.1, 0.15) is 23.0 Å². The Labute approximate surface area is 172 Å². The summed E-state index contributed by atoms with van der Waals surface area (Å²) in [6.45, 7) is 0. The van der Waals surface area contributed by atoms with Gasteiger partial charge in [-0.05, 0) is 53.7 Å². The molecule has 0 atom stereocenters. The van der Waals surface area contributed by atoms with Crippen LogP contribution in [0.1, 0.15) is 5.56 Å². The first-order valence-electron chi connectivity index (χ1n) is 7.88. The van der Waals surface area contributed by atoms with Gasteiger partial charge in [-0.25, -0.2) is 19.1 Å². The van der Waals surface area contributed by atoms with E-state index in [1.807, 2.05) is 30.3 Å². The normalized spacial score (nSPS) is 11.0. The van der Waals surface area contributed by atoms with Crippen LogP contribution in [0.15, 0.2) is 72.8 Å². The lowest BCUT2D eigenvalue weighted by Crippen LogP contribution is -3.00. The number of hydrogen-bond acceptors (Lipinski definition) is 1. The Morgan fingerprint density at radius 1 is 0.963 bits per heavy atom. The van der Waals surface area contributed by atoms with Crippen LogP contribution >= 0.6 is 23.4 Å². The molecule has 3 aromatic rings. The SMILES string of the molecule is Fc1ccc([NH+]=C(Nc2ccc(F)c(Cl)c2)SCc2ccccc2)cc1.[Cl-]. The second-order valence-corrected chi connectivity index (χ2v) is 6.88. The van der Waals surface area contributed by atoms with Gasteiger partial charge in [0, 0.05) is 11.8 Å². The largest absolute Gasteiger partial charge is 1.00 e. The molecule has 2 nitrogen and oxygen atoms in total. The lowest BCUT2D eigenvalue weighted by atomic mass is 10.2. The van der Waals surface area contributed by atoms with E-state index in [2.05, 4.69) is 10.3 Å². The zero-order valence-corrected chi connectivity index (χ0v) is 16.4. The van der Waals surface area contributed by atoms with Crippen molar-refractivity contribution in [1.29, 1.82) is 0 Å². The van der Waals surface area contributed by atoms with E-state index in [-0.39, 0.29) is 23.2 Å². The fraction of sp³-hybridized carbons (Fsp3) is 0.0500. The molecule has 0 aliphatic rings. The Hall–Kier alpha value is -2.08. The van der Waals surface area contributed by atoms with Gasteiger partial charge < -0.3 is 12.4 Å². The quantitative estimate of drug-likeness (QED) is 0.492. The molecule has 0 aliphatic carbocycles. The molecule has 3 aromatic carbocycles. The van der Waals surface area contributed by atoms with Crippen molar-refractivity contribution in [3.05, 3.63) is 95.0 Å². The molecule has 0 saturated heterocycles. The van der Waals surface area contributed by atoms with Gasteiger partial charge in [0.2, 0.25) is 0 Å². The van der Waals surface area contributed by atoms with Crippen LogP contribution in [-0.4, -0.2) is 5.17 Å². The topological polar surface area (TPSA) is 26.0 Å². The number of thioether (sulfide) groups is 1. The molecule has 7 heteroatoms. The smallest absolute Gasteiger partial charge is 0.314 e. The van der Waals surface area contributed by atoms with Crippen molar-refractivity contribution in [2.24, 2.45) is 0 Å². The molecule has 27 heavy (non-hydrogen) atoms. The average Bonchev–Trinajstić information content (AvgIpc) is 2.65. The van der Waals surface area contributed by atoms with Crippen molar-refractivity contribution in [2.75, 3.05) is 5.32 Å². The Morgan fingerprint density at radius 2 is 1.67 bits per heavy atom. The standard InChI is InChI=1S/C20H15ClF2N2S.ClH/c21-18-12-17(10-11-19(18)23)25-20(24-16-8-6-15(22)7-9-16)26-13-14-4-2-1-3-5-14;/h1-12H,13H2,(H,24,25);1H. The Morgan fingerprint density at radius 3 is 2.33 bits per heavy atom. The number of anilines is 1. The Balaban J connectivity index is 0.00000261. The van der Waals surface area contributed by atoms with Gasteiger partial charge in [0.05, 0.1) is 5.02 Å². The molecule has 0 heterocycles. The van der Waals surface area contributed by atoms with E-state index in [1.165, 1.54) is 24.3 Å². The third-order valence-corrected chi connectivity index (χ3v) is 4.77. The number of halogens is 4. The van der Waals surface area contributed by atoms with Gasteiger partial charge in [-0.1, -0.05) is 41.9 Å². The minimum atomic E-state index is -0.470. The summed E-state index contributed by atoms with van der Waals surface area (Å²) >= 11 is 7.40. The van der Waals surface area contributed by atoms with Crippen LogP contribution in [-0.2, 0) is 5.75 Å². The van der Waals surface area contributed by atoms with E-state index >= 15 is 0 Å². The first-order chi connectivity index (χ1) is 12.6. The average molecular weight is 425 g/mol. The van der Waals surface area contributed by atoms with Gasteiger partial charge in [-0.3, -0.25) is 0 Å². The first-order valence-corrected chi connectivity index (χ1v) is 9.25. The Bertz CT molecular complexity index is 904. The van der Waals surface area contributed by atoms with Gasteiger partial charge in [0.15, 0.2) is 0 Å². The summed E-state index contributed by atoms with van der Waals surface area (Å²) in [5.41, 5.74) is 2.55. The molecule has 2 N–H and O–H groups in total. The number of hydrogen-bond donors (Lipinski definition) is 2. The molecule has 0 aliphatic heterocycles. The second kappa shape index (κ2) is 10.3.